The molecule has 40 heavy (non-hydrogen) atoms. The summed E-state index contributed by atoms with van der Waals surface area (Å²) in [6.07, 6.45) is -6.83. The normalized spacial score (nSPS) is 22.7. The summed E-state index contributed by atoms with van der Waals surface area (Å²) in [6, 6.07) is 1.87. The Morgan fingerprint density at radius 3 is 2.58 bits per heavy atom. The lowest BCUT2D eigenvalue weighted by atomic mass is 10.0. The topological polar surface area (TPSA) is 106 Å². The van der Waals surface area contributed by atoms with Gasteiger partial charge < -0.3 is 16.0 Å². The molecular weight excluding hydrogens is 549 g/mol. The Morgan fingerprint density at radius 2 is 1.93 bits per heavy atom. The van der Waals surface area contributed by atoms with Crippen LogP contribution in [0.5, 0.6) is 0 Å². The van der Waals surface area contributed by atoms with Crippen molar-refractivity contribution in [3.05, 3.63) is 47.0 Å². The number of nitrogen functional groups attached to an aromatic ring is 1. The van der Waals surface area contributed by atoms with Crippen LogP contribution >= 0.6 is 0 Å². The molecule has 1 saturated heterocycles. The number of nitrogens with one attached hydrogen (secondary N) is 1. The summed E-state index contributed by atoms with van der Waals surface area (Å²) >= 11 is 0. The molecule has 1 aliphatic carbocycles. The van der Waals surface area contributed by atoms with Crippen molar-refractivity contribution < 1.29 is 40.3 Å². The number of alkyl halides is 6. The van der Waals surface area contributed by atoms with Gasteiger partial charge in [-0.3, -0.25) is 9.59 Å². The Morgan fingerprint density at radius 1 is 1.20 bits per heavy atom. The summed E-state index contributed by atoms with van der Waals surface area (Å²) in [5.41, 5.74) is 2.66. The summed E-state index contributed by atoms with van der Waals surface area (Å²) in [5.74, 6) is -7.29. The van der Waals surface area contributed by atoms with Crippen molar-refractivity contribution in [2.24, 2.45) is 5.92 Å². The minimum Gasteiger partial charge on any atom is -0.382 e. The number of likely N-dealkylation sites (tertiary alicyclic amines) is 1. The van der Waals surface area contributed by atoms with E-state index in [1.165, 1.54) is 19.1 Å². The molecule has 2 aliphatic rings. The van der Waals surface area contributed by atoms with Crippen LogP contribution in [-0.2, 0) is 11.0 Å². The zero-order valence-electron chi connectivity index (χ0n) is 20.9. The highest BCUT2D eigenvalue weighted by molar-refractivity contribution is 5.98. The van der Waals surface area contributed by atoms with Crippen LogP contribution in [0, 0.1) is 18.7 Å². The van der Waals surface area contributed by atoms with Crippen molar-refractivity contribution >= 4 is 23.1 Å². The van der Waals surface area contributed by atoms with Gasteiger partial charge >= 0.3 is 6.18 Å². The van der Waals surface area contributed by atoms with Gasteiger partial charge in [-0.2, -0.15) is 18.3 Å². The van der Waals surface area contributed by atoms with Gasteiger partial charge in [-0.25, -0.2) is 27.1 Å². The van der Waals surface area contributed by atoms with E-state index in [9.17, 15) is 35.9 Å². The molecule has 0 radical (unpaired) electrons. The molecule has 0 spiro atoms. The summed E-state index contributed by atoms with van der Waals surface area (Å²) in [7, 11) is 0. The van der Waals surface area contributed by atoms with E-state index >= 15 is 4.39 Å². The predicted octanol–water partition coefficient (Wildman–Crippen LogP) is 4.16. The largest absolute Gasteiger partial charge is 0.418 e. The van der Waals surface area contributed by atoms with Crippen molar-refractivity contribution in [3.63, 3.8) is 0 Å². The summed E-state index contributed by atoms with van der Waals surface area (Å²) in [4.78, 5) is 30.4. The number of aryl methyl sites for hydroxylation is 1. The molecule has 5 rings (SSSR count). The molecular formula is C25H23F7N6O2. The van der Waals surface area contributed by atoms with Crippen LogP contribution in [0.25, 0.3) is 16.8 Å². The van der Waals surface area contributed by atoms with Gasteiger partial charge in [-0.1, -0.05) is 6.07 Å². The number of nitrogens with zero attached hydrogens (tertiary/aromatic N) is 4. The van der Waals surface area contributed by atoms with Crippen LogP contribution in [-0.4, -0.2) is 62.5 Å². The van der Waals surface area contributed by atoms with Gasteiger partial charge in [0.2, 0.25) is 11.8 Å². The molecule has 1 unspecified atom stereocenters. The number of anilines is 1. The number of aromatic nitrogens is 3. The fourth-order valence-electron chi connectivity index (χ4n) is 5.36. The number of carbonyl (C=O) groups is 2. The highest BCUT2D eigenvalue weighted by atomic mass is 19.4. The number of hydrogen-bond acceptors (Lipinski definition) is 5. The van der Waals surface area contributed by atoms with Gasteiger partial charge in [0.25, 0.3) is 5.91 Å². The molecule has 8 nitrogen and oxygen atoms in total. The number of hydrogen-bond donors (Lipinski definition) is 2. The van der Waals surface area contributed by atoms with Gasteiger partial charge in [0, 0.05) is 30.9 Å². The molecule has 214 valence electrons. The monoisotopic (exact) mass is 572 g/mol. The lowest BCUT2D eigenvalue weighted by Gasteiger charge is -2.20. The third kappa shape index (κ3) is 4.81. The number of carbonyl (C=O) groups excluding carboxylic acids is 2. The zero-order chi connectivity index (χ0) is 29.1. The van der Waals surface area contributed by atoms with E-state index < -0.39 is 95.3 Å². The fourth-order valence-corrected chi connectivity index (χ4v) is 5.36. The molecule has 15 heteroatoms. The third-order valence-electron chi connectivity index (χ3n) is 7.37. The Balaban J connectivity index is 1.42. The van der Waals surface area contributed by atoms with Gasteiger partial charge in [-0.05, 0) is 31.0 Å². The lowest BCUT2D eigenvalue weighted by molar-refractivity contribution is -0.136. The van der Waals surface area contributed by atoms with Crippen LogP contribution in [0.2, 0.25) is 0 Å². The maximum Gasteiger partial charge on any atom is 0.418 e. The average molecular weight is 572 g/mol. The lowest BCUT2D eigenvalue weighted by Crippen LogP contribution is -2.42. The Labute approximate surface area is 222 Å². The highest BCUT2D eigenvalue weighted by Gasteiger charge is 2.46. The first-order valence-electron chi connectivity index (χ1n) is 12.3. The maximum absolute atomic E-state index is 15.8. The summed E-state index contributed by atoms with van der Waals surface area (Å²) < 4.78 is 99.6. The van der Waals surface area contributed by atoms with Crippen LogP contribution in [0.15, 0.2) is 24.5 Å². The first-order valence-corrected chi connectivity index (χ1v) is 12.3. The van der Waals surface area contributed by atoms with Crippen LogP contribution in [0.3, 0.4) is 0 Å². The number of benzene rings is 1. The highest BCUT2D eigenvalue weighted by Crippen LogP contribution is 2.41. The van der Waals surface area contributed by atoms with Crippen LogP contribution in [0.4, 0.5) is 36.6 Å². The average Bonchev–Trinajstić information content (AvgIpc) is 3.54. The van der Waals surface area contributed by atoms with E-state index in [0.29, 0.717) is 6.07 Å². The van der Waals surface area contributed by atoms with Gasteiger partial charge in [0.15, 0.2) is 5.82 Å². The minimum absolute atomic E-state index is 0.0332. The molecule has 3 atom stereocenters. The molecule has 2 amide bonds. The van der Waals surface area contributed by atoms with Crippen molar-refractivity contribution in [2.45, 2.75) is 50.5 Å². The Bertz CT molecular complexity index is 1510. The molecule has 3 N–H and O–H groups in total. The first kappa shape index (κ1) is 27.6. The third-order valence-corrected chi connectivity index (χ3v) is 7.37. The molecule has 2 fully saturated rings. The molecule has 3 heterocycles. The van der Waals surface area contributed by atoms with E-state index in [4.69, 9.17) is 5.73 Å². The second kappa shape index (κ2) is 9.63. The second-order valence-corrected chi connectivity index (χ2v) is 10.1. The van der Waals surface area contributed by atoms with E-state index in [2.05, 4.69) is 15.4 Å². The van der Waals surface area contributed by atoms with Gasteiger partial charge in [-0.15, -0.1) is 0 Å². The summed E-state index contributed by atoms with van der Waals surface area (Å²) in [5, 5.41) is 6.12. The second-order valence-electron chi connectivity index (χ2n) is 10.1. The van der Waals surface area contributed by atoms with Crippen LogP contribution in [0.1, 0.15) is 40.7 Å². The smallest absolute Gasteiger partial charge is 0.382 e. The summed E-state index contributed by atoms with van der Waals surface area (Å²) in [6.45, 7) is 0.657. The fraction of sp³-hybridized carbons (Fsp3) is 0.440. The predicted molar refractivity (Wildman–Crippen MR) is 128 cm³/mol. The quantitative estimate of drug-likeness (QED) is 0.457. The zero-order valence-corrected chi connectivity index (χ0v) is 20.9. The number of nitrogens with two attached hydrogens (primary N) is 1. The van der Waals surface area contributed by atoms with E-state index in [1.54, 1.807) is 0 Å². The number of fused-ring (bicyclic) bond motifs is 1. The minimum atomic E-state index is -4.87. The number of rotatable bonds is 4. The van der Waals surface area contributed by atoms with E-state index in [0.717, 1.165) is 15.7 Å². The van der Waals surface area contributed by atoms with Crippen molar-refractivity contribution in [3.8, 4) is 11.3 Å². The van der Waals surface area contributed by atoms with E-state index in [1.807, 2.05) is 0 Å². The molecule has 3 aromatic rings. The number of amides is 2. The van der Waals surface area contributed by atoms with E-state index in [-0.39, 0.29) is 24.2 Å². The SMILES string of the molecule is Cc1ccc(-c2cc(C(F)(F)F)c3c(N)ncnn23)c(F)c1C(=O)N[C@@H]1CN(C(=O)C2CCC(F)(F)C2)C[C@@H]1F. The maximum atomic E-state index is 15.8. The molecule has 1 saturated carbocycles. The van der Waals surface area contributed by atoms with Crippen molar-refractivity contribution in [1.82, 2.24) is 24.8 Å². The first-order chi connectivity index (χ1) is 18.7. The molecule has 2 aromatic heterocycles. The Hall–Kier alpha value is -3.91. The van der Waals surface area contributed by atoms with Gasteiger partial charge in [0.05, 0.1) is 29.4 Å². The van der Waals surface area contributed by atoms with Crippen LogP contribution < -0.4 is 11.1 Å². The number of halogens is 7. The molecule has 1 aromatic carbocycles. The molecule has 1 aliphatic heterocycles. The molecule has 0 bridgehead atoms. The Kier molecular flexibility index (Phi) is 6.65. The van der Waals surface area contributed by atoms with Crippen molar-refractivity contribution in [2.75, 3.05) is 18.8 Å². The van der Waals surface area contributed by atoms with Gasteiger partial charge in [0.1, 0.15) is 23.8 Å². The standard InChI is InChI=1S/C25H23F7N6O2/c1-11-2-3-13(17-6-14(25(30,31)32)20-21(33)34-10-35-38(17)20)19(27)18(11)22(39)36-16-9-37(8-15(16)26)23(40)12-4-5-24(28,29)7-12/h2-3,6,10,12,15-16H,4-5,7-9H2,1H3,(H,36,39)(H2,33,34,35)/t12?,15-,16+/m0/s1. The van der Waals surface area contributed by atoms with Crippen molar-refractivity contribution in [1.29, 1.82) is 0 Å².